The van der Waals surface area contributed by atoms with Crippen LogP contribution in [0.2, 0.25) is 0 Å². The number of imidazole rings is 1. The molecule has 3 rings (SSSR count). The molecule has 22 heavy (non-hydrogen) atoms. The molecule has 0 spiro atoms. The molecule has 0 atom stereocenters. The lowest BCUT2D eigenvalue weighted by Gasteiger charge is -2.10. The fraction of sp³-hybridized carbons (Fsp3) is 0.125. The summed E-state index contributed by atoms with van der Waals surface area (Å²) in [6.45, 7) is 2.59. The first-order valence-electron chi connectivity index (χ1n) is 6.96. The first-order valence-corrected chi connectivity index (χ1v) is 6.96. The molecule has 0 aliphatic rings. The van der Waals surface area contributed by atoms with Crippen LogP contribution in [-0.2, 0) is 6.67 Å². The molecule has 6 nitrogen and oxygen atoms in total. The Morgan fingerprint density at radius 3 is 2.64 bits per heavy atom. The van der Waals surface area contributed by atoms with Crippen molar-refractivity contribution < 1.29 is 4.79 Å². The first kappa shape index (κ1) is 14.1. The van der Waals surface area contributed by atoms with Crippen molar-refractivity contribution in [2.75, 3.05) is 5.32 Å². The highest BCUT2D eigenvalue weighted by Crippen LogP contribution is 2.16. The number of aryl methyl sites for hydroxylation is 1. The Morgan fingerprint density at radius 1 is 1.18 bits per heavy atom. The fourth-order valence-corrected chi connectivity index (χ4v) is 2.39. The fourth-order valence-electron chi connectivity index (χ4n) is 2.39. The number of nitrogen functional groups attached to an aromatic ring is 1. The Kier molecular flexibility index (Phi) is 3.76. The summed E-state index contributed by atoms with van der Waals surface area (Å²) in [4.78, 5) is 15.9. The quantitative estimate of drug-likeness (QED) is 0.390. The minimum absolute atomic E-state index is 0.303. The van der Waals surface area contributed by atoms with Gasteiger partial charge in [0.2, 0.25) is 0 Å². The highest BCUT2D eigenvalue weighted by molar-refractivity contribution is 5.94. The summed E-state index contributed by atoms with van der Waals surface area (Å²) in [5.41, 5.74) is 5.63. The molecule has 0 aliphatic carbocycles. The lowest BCUT2D eigenvalue weighted by Crippen LogP contribution is -2.29. The molecule has 2 aromatic carbocycles. The summed E-state index contributed by atoms with van der Waals surface area (Å²) >= 11 is 0. The Morgan fingerprint density at radius 2 is 1.91 bits per heavy atom. The normalized spacial score (nSPS) is 10.6. The Labute approximate surface area is 127 Å². The maximum Gasteiger partial charge on any atom is 0.265 e. The number of fused-ring (bicyclic) bond motifs is 1. The number of hydrogen-bond acceptors (Lipinski definition) is 4. The lowest BCUT2D eigenvalue weighted by molar-refractivity contribution is 0.0953. The van der Waals surface area contributed by atoms with Crippen LogP contribution in [0.5, 0.6) is 0 Å². The van der Waals surface area contributed by atoms with Crippen LogP contribution < -0.4 is 16.6 Å². The van der Waals surface area contributed by atoms with Crippen molar-refractivity contribution in [1.29, 1.82) is 0 Å². The monoisotopic (exact) mass is 295 g/mol. The zero-order valence-electron chi connectivity index (χ0n) is 12.2. The van der Waals surface area contributed by atoms with Gasteiger partial charge in [-0.15, -0.1) is 0 Å². The lowest BCUT2D eigenvalue weighted by atomic mass is 10.2. The third-order valence-electron chi connectivity index (χ3n) is 3.56. The second kappa shape index (κ2) is 5.87. The van der Waals surface area contributed by atoms with E-state index in [9.17, 15) is 4.79 Å². The number of nitrogens with zero attached hydrogens (tertiary/aromatic N) is 2. The van der Waals surface area contributed by atoms with E-state index in [0.29, 0.717) is 12.2 Å². The molecule has 0 unspecified atom stereocenters. The van der Waals surface area contributed by atoms with E-state index in [4.69, 9.17) is 5.84 Å². The average molecular weight is 295 g/mol. The van der Waals surface area contributed by atoms with Crippen LogP contribution in [0.1, 0.15) is 16.2 Å². The van der Waals surface area contributed by atoms with Crippen LogP contribution in [0.3, 0.4) is 0 Å². The summed E-state index contributed by atoms with van der Waals surface area (Å²) < 4.78 is 2.11. The summed E-state index contributed by atoms with van der Waals surface area (Å²) in [5, 5.41) is 3.32. The number of carbonyl (C=O) groups is 1. The van der Waals surface area contributed by atoms with Gasteiger partial charge in [0.1, 0.15) is 5.82 Å². The average Bonchev–Trinajstić information content (AvgIpc) is 2.88. The molecule has 3 aromatic rings. The van der Waals surface area contributed by atoms with Gasteiger partial charge >= 0.3 is 0 Å². The Bertz CT molecular complexity index is 807. The number of rotatable bonds is 4. The molecule has 1 amide bonds. The van der Waals surface area contributed by atoms with Crippen LogP contribution in [-0.4, -0.2) is 15.5 Å². The van der Waals surface area contributed by atoms with Crippen molar-refractivity contribution in [3.05, 3.63) is 59.9 Å². The number of benzene rings is 2. The van der Waals surface area contributed by atoms with Gasteiger partial charge in [0.05, 0.1) is 17.7 Å². The maximum absolute atomic E-state index is 11.4. The zero-order chi connectivity index (χ0) is 15.5. The predicted octanol–water partition coefficient (Wildman–Crippen LogP) is 2.02. The first-order chi connectivity index (χ1) is 10.7. The zero-order valence-corrected chi connectivity index (χ0v) is 12.2. The second-order valence-electron chi connectivity index (χ2n) is 4.96. The van der Waals surface area contributed by atoms with E-state index in [1.54, 1.807) is 12.1 Å². The molecule has 0 radical (unpaired) electrons. The number of aromatic nitrogens is 2. The van der Waals surface area contributed by atoms with Gasteiger partial charge in [-0.05, 0) is 43.3 Å². The number of anilines is 1. The Hall–Kier alpha value is -2.86. The third kappa shape index (κ3) is 2.64. The standard InChI is InChI=1S/C16H17N5O/c1-11-19-14-4-2-3-5-15(14)21(11)10-18-13-8-6-12(7-9-13)16(22)20-17/h2-9,18H,10,17H2,1H3,(H,20,22). The van der Waals surface area contributed by atoms with Gasteiger partial charge in [-0.3, -0.25) is 10.2 Å². The van der Waals surface area contributed by atoms with E-state index in [1.807, 2.05) is 43.3 Å². The molecule has 0 aliphatic heterocycles. The third-order valence-corrected chi connectivity index (χ3v) is 3.56. The van der Waals surface area contributed by atoms with Crippen LogP contribution in [0.25, 0.3) is 11.0 Å². The summed E-state index contributed by atoms with van der Waals surface area (Å²) in [6.07, 6.45) is 0. The molecule has 1 aromatic heterocycles. The van der Waals surface area contributed by atoms with Crippen LogP contribution in [0, 0.1) is 6.92 Å². The van der Waals surface area contributed by atoms with Gasteiger partial charge in [-0.25, -0.2) is 10.8 Å². The largest absolute Gasteiger partial charge is 0.367 e. The van der Waals surface area contributed by atoms with Crippen molar-refractivity contribution in [3.8, 4) is 0 Å². The number of hydrazine groups is 1. The van der Waals surface area contributed by atoms with Crippen molar-refractivity contribution >= 4 is 22.6 Å². The van der Waals surface area contributed by atoms with Crippen LogP contribution >= 0.6 is 0 Å². The van der Waals surface area contributed by atoms with Crippen molar-refractivity contribution in [2.45, 2.75) is 13.6 Å². The van der Waals surface area contributed by atoms with Gasteiger partial charge in [0.25, 0.3) is 5.91 Å². The Balaban J connectivity index is 1.77. The summed E-state index contributed by atoms with van der Waals surface area (Å²) in [5.74, 6) is 5.76. The topological polar surface area (TPSA) is 85.0 Å². The van der Waals surface area contributed by atoms with Crippen LogP contribution in [0.15, 0.2) is 48.5 Å². The molecule has 6 heteroatoms. The van der Waals surface area contributed by atoms with Crippen molar-refractivity contribution in [2.24, 2.45) is 5.84 Å². The van der Waals surface area contributed by atoms with E-state index in [0.717, 1.165) is 22.5 Å². The van der Waals surface area contributed by atoms with Gasteiger partial charge < -0.3 is 9.88 Å². The van der Waals surface area contributed by atoms with Gasteiger partial charge in [-0.1, -0.05) is 12.1 Å². The highest BCUT2D eigenvalue weighted by Gasteiger charge is 2.06. The smallest absolute Gasteiger partial charge is 0.265 e. The second-order valence-corrected chi connectivity index (χ2v) is 4.96. The SMILES string of the molecule is Cc1nc2ccccc2n1CNc1ccc(C(=O)NN)cc1. The predicted molar refractivity (Wildman–Crippen MR) is 86.2 cm³/mol. The minimum atomic E-state index is -0.303. The number of amides is 1. The van der Waals surface area contributed by atoms with Crippen molar-refractivity contribution in [1.82, 2.24) is 15.0 Å². The highest BCUT2D eigenvalue weighted by atomic mass is 16.2. The van der Waals surface area contributed by atoms with E-state index < -0.39 is 0 Å². The number of nitrogens with two attached hydrogens (primary N) is 1. The van der Waals surface area contributed by atoms with Gasteiger partial charge in [0, 0.05) is 11.3 Å². The minimum Gasteiger partial charge on any atom is -0.367 e. The van der Waals surface area contributed by atoms with E-state index in [2.05, 4.69) is 20.3 Å². The number of hydrogen-bond donors (Lipinski definition) is 3. The number of nitrogens with one attached hydrogen (secondary N) is 2. The van der Waals surface area contributed by atoms with Crippen molar-refractivity contribution in [3.63, 3.8) is 0 Å². The molecular formula is C16H17N5O. The van der Waals surface area contributed by atoms with E-state index in [1.165, 1.54) is 0 Å². The van der Waals surface area contributed by atoms with E-state index in [-0.39, 0.29) is 5.91 Å². The molecule has 4 N–H and O–H groups in total. The number of para-hydroxylation sites is 2. The summed E-state index contributed by atoms with van der Waals surface area (Å²) in [7, 11) is 0. The molecule has 0 saturated carbocycles. The van der Waals surface area contributed by atoms with Gasteiger partial charge in [0.15, 0.2) is 0 Å². The van der Waals surface area contributed by atoms with Gasteiger partial charge in [-0.2, -0.15) is 0 Å². The summed E-state index contributed by atoms with van der Waals surface area (Å²) in [6, 6.07) is 15.2. The van der Waals surface area contributed by atoms with Crippen LogP contribution in [0.4, 0.5) is 5.69 Å². The molecule has 0 fully saturated rings. The molecular weight excluding hydrogens is 278 g/mol. The number of carbonyl (C=O) groups excluding carboxylic acids is 1. The molecule has 112 valence electrons. The van der Waals surface area contributed by atoms with E-state index >= 15 is 0 Å². The molecule has 0 bridgehead atoms. The molecule has 0 saturated heterocycles. The maximum atomic E-state index is 11.4. The molecule has 1 heterocycles.